The molecule has 0 spiro atoms. The van der Waals surface area contributed by atoms with Gasteiger partial charge in [0.1, 0.15) is 25.0 Å². The second-order valence-corrected chi connectivity index (χ2v) is 7.16. The monoisotopic (exact) mass is 365 g/mol. The maximum Gasteiger partial charge on any atom is 0.154 e. The molecular formula is C20H27N7. The molecular weight excluding hydrogens is 338 g/mol. The van der Waals surface area contributed by atoms with E-state index >= 15 is 0 Å². The van der Waals surface area contributed by atoms with Gasteiger partial charge in [-0.15, -0.1) is 10.2 Å². The highest BCUT2D eigenvalue weighted by Crippen LogP contribution is 2.27. The molecule has 4 rings (SSSR count). The summed E-state index contributed by atoms with van der Waals surface area (Å²) < 4.78 is 4.05. The third kappa shape index (κ3) is 4.24. The Balaban J connectivity index is 1.34. The minimum Gasteiger partial charge on any atom is -0.313 e. The summed E-state index contributed by atoms with van der Waals surface area (Å²) in [4.78, 5) is 6.58. The lowest BCUT2D eigenvalue weighted by Crippen LogP contribution is -2.35. The normalized spacial score (nSPS) is 16.0. The Morgan fingerprint density at radius 1 is 1.07 bits per heavy atom. The fourth-order valence-corrected chi connectivity index (χ4v) is 3.92. The average molecular weight is 365 g/mol. The molecule has 0 N–H and O–H groups in total. The van der Waals surface area contributed by atoms with Crippen molar-refractivity contribution in [3.8, 4) is 0 Å². The maximum absolute atomic E-state index is 4.54. The summed E-state index contributed by atoms with van der Waals surface area (Å²) >= 11 is 0. The summed E-state index contributed by atoms with van der Waals surface area (Å²) in [6.45, 7) is 7.07. The Labute approximate surface area is 160 Å². The van der Waals surface area contributed by atoms with Crippen molar-refractivity contribution in [2.75, 3.05) is 19.6 Å². The molecule has 27 heavy (non-hydrogen) atoms. The number of nitrogens with zero attached hydrogens (tertiary/aromatic N) is 7. The molecule has 0 radical (unpaired) electrons. The van der Waals surface area contributed by atoms with Crippen molar-refractivity contribution in [3.05, 3.63) is 60.2 Å². The van der Waals surface area contributed by atoms with Crippen molar-refractivity contribution >= 4 is 0 Å². The van der Waals surface area contributed by atoms with E-state index in [1.165, 1.54) is 5.56 Å². The maximum atomic E-state index is 4.54. The number of likely N-dealkylation sites (tertiary alicyclic amines) is 1. The van der Waals surface area contributed by atoms with E-state index in [2.05, 4.69) is 67.0 Å². The van der Waals surface area contributed by atoms with E-state index in [0.717, 1.165) is 57.1 Å². The number of hydrogen-bond donors (Lipinski definition) is 0. The number of rotatable bonds is 7. The van der Waals surface area contributed by atoms with Crippen LogP contribution >= 0.6 is 0 Å². The van der Waals surface area contributed by atoms with E-state index in [-0.39, 0.29) is 0 Å². The van der Waals surface area contributed by atoms with E-state index in [9.17, 15) is 0 Å². The van der Waals surface area contributed by atoms with Crippen LogP contribution in [0.15, 0.2) is 43.0 Å². The van der Waals surface area contributed by atoms with E-state index in [4.69, 9.17) is 0 Å². The highest BCUT2D eigenvalue weighted by molar-refractivity contribution is 5.15. The second-order valence-electron chi connectivity index (χ2n) is 7.16. The van der Waals surface area contributed by atoms with E-state index in [1.54, 1.807) is 17.3 Å². The van der Waals surface area contributed by atoms with Crippen LogP contribution in [0.5, 0.6) is 0 Å². The van der Waals surface area contributed by atoms with Gasteiger partial charge < -0.3 is 9.47 Å². The van der Waals surface area contributed by atoms with Crippen molar-refractivity contribution in [1.29, 1.82) is 0 Å². The zero-order valence-electron chi connectivity index (χ0n) is 15.9. The topological polar surface area (TPSA) is 64.7 Å². The van der Waals surface area contributed by atoms with Gasteiger partial charge in [0.25, 0.3) is 0 Å². The molecule has 0 unspecified atom stereocenters. The lowest BCUT2D eigenvalue weighted by Gasteiger charge is -2.31. The van der Waals surface area contributed by atoms with Gasteiger partial charge in [-0.2, -0.15) is 5.10 Å². The largest absolute Gasteiger partial charge is 0.313 e. The van der Waals surface area contributed by atoms with Crippen molar-refractivity contribution in [2.45, 2.75) is 45.2 Å². The molecule has 3 aromatic rings. The minimum atomic E-state index is 0.495. The molecule has 1 fully saturated rings. The van der Waals surface area contributed by atoms with Crippen LogP contribution in [0.1, 0.15) is 42.9 Å². The highest BCUT2D eigenvalue weighted by atomic mass is 15.4. The first-order valence-corrected chi connectivity index (χ1v) is 9.84. The minimum absolute atomic E-state index is 0.495. The molecule has 7 nitrogen and oxygen atoms in total. The molecule has 7 heteroatoms. The quantitative estimate of drug-likeness (QED) is 0.643. The first kappa shape index (κ1) is 17.9. The highest BCUT2D eigenvalue weighted by Gasteiger charge is 2.25. The molecule has 2 aromatic heterocycles. The molecule has 0 atom stereocenters. The molecule has 0 saturated carbocycles. The van der Waals surface area contributed by atoms with Gasteiger partial charge in [0, 0.05) is 19.0 Å². The summed E-state index contributed by atoms with van der Waals surface area (Å²) in [7, 11) is 0. The summed E-state index contributed by atoms with van der Waals surface area (Å²) in [5.74, 6) is 2.59. The lowest BCUT2D eigenvalue weighted by molar-refractivity contribution is 0.209. The predicted octanol–water partition coefficient (Wildman–Crippen LogP) is 2.36. The van der Waals surface area contributed by atoms with Crippen LogP contribution < -0.4 is 0 Å². The third-order valence-corrected chi connectivity index (χ3v) is 5.45. The fourth-order valence-electron chi connectivity index (χ4n) is 3.92. The average Bonchev–Trinajstić information content (AvgIpc) is 3.38. The smallest absolute Gasteiger partial charge is 0.154 e. The first-order valence-electron chi connectivity index (χ1n) is 9.84. The first-order chi connectivity index (χ1) is 13.3. The molecule has 3 heterocycles. The van der Waals surface area contributed by atoms with Crippen LogP contribution in [0.3, 0.4) is 0 Å². The summed E-state index contributed by atoms with van der Waals surface area (Å²) in [5.41, 5.74) is 1.42. The summed E-state index contributed by atoms with van der Waals surface area (Å²) in [6.07, 6.45) is 6.70. The van der Waals surface area contributed by atoms with Gasteiger partial charge in [-0.25, -0.2) is 9.67 Å². The van der Waals surface area contributed by atoms with E-state index < -0.39 is 0 Å². The number of hydrogen-bond acceptors (Lipinski definition) is 5. The molecule has 0 aliphatic carbocycles. The van der Waals surface area contributed by atoms with Gasteiger partial charge in [0.2, 0.25) is 0 Å². The van der Waals surface area contributed by atoms with E-state index in [1.807, 2.05) is 0 Å². The molecule has 1 saturated heterocycles. The van der Waals surface area contributed by atoms with Crippen LogP contribution in [0.2, 0.25) is 0 Å². The molecule has 0 amide bonds. The zero-order chi connectivity index (χ0) is 18.5. The van der Waals surface area contributed by atoms with Gasteiger partial charge in [0.05, 0.1) is 0 Å². The van der Waals surface area contributed by atoms with Gasteiger partial charge in [-0.1, -0.05) is 30.3 Å². The van der Waals surface area contributed by atoms with Gasteiger partial charge in [-0.05, 0) is 44.8 Å². The summed E-state index contributed by atoms with van der Waals surface area (Å²) in [6, 6.07) is 10.8. The number of aromatic nitrogens is 6. The van der Waals surface area contributed by atoms with Crippen LogP contribution in [0.4, 0.5) is 0 Å². The Morgan fingerprint density at radius 3 is 2.59 bits per heavy atom. The van der Waals surface area contributed by atoms with Gasteiger partial charge >= 0.3 is 0 Å². The number of benzene rings is 1. The molecule has 1 aromatic carbocycles. The van der Waals surface area contributed by atoms with Crippen molar-refractivity contribution in [2.24, 2.45) is 0 Å². The number of piperidine rings is 1. The van der Waals surface area contributed by atoms with Crippen molar-refractivity contribution in [1.82, 2.24) is 34.4 Å². The summed E-state index contributed by atoms with van der Waals surface area (Å²) in [5, 5.41) is 13.2. The predicted molar refractivity (Wildman–Crippen MR) is 103 cm³/mol. The lowest BCUT2D eigenvalue weighted by atomic mass is 9.95. The second kappa shape index (κ2) is 8.43. The van der Waals surface area contributed by atoms with E-state index in [0.29, 0.717) is 12.5 Å². The van der Waals surface area contributed by atoms with Gasteiger partial charge in [-0.3, -0.25) is 0 Å². The zero-order valence-corrected chi connectivity index (χ0v) is 15.9. The third-order valence-electron chi connectivity index (χ3n) is 5.45. The molecule has 142 valence electrons. The van der Waals surface area contributed by atoms with Crippen LogP contribution in [0.25, 0.3) is 0 Å². The van der Waals surface area contributed by atoms with Crippen LogP contribution in [-0.4, -0.2) is 54.1 Å². The van der Waals surface area contributed by atoms with Crippen molar-refractivity contribution < 1.29 is 0 Å². The standard InChI is InChI=1S/C20H27N7/c1-2-27-19(14-26-16-21-15-22-26)23-24-20(27)18-9-12-25(13-10-18)11-8-17-6-4-3-5-7-17/h3-7,15-16,18H,2,8-14H2,1H3. The van der Waals surface area contributed by atoms with Gasteiger partial charge in [0.15, 0.2) is 5.82 Å². The molecule has 0 bridgehead atoms. The van der Waals surface area contributed by atoms with Crippen LogP contribution in [-0.2, 0) is 19.5 Å². The molecule has 1 aliphatic rings. The van der Waals surface area contributed by atoms with Crippen LogP contribution in [0, 0.1) is 0 Å². The van der Waals surface area contributed by atoms with Crippen molar-refractivity contribution in [3.63, 3.8) is 0 Å². The Hall–Kier alpha value is -2.54. The fraction of sp³-hybridized carbons (Fsp3) is 0.500. The SMILES string of the molecule is CCn1c(Cn2cncn2)nnc1C1CCN(CCc2ccccc2)CC1. The Morgan fingerprint density at radius 2 is 1.89 bits per heavy atom. The Bertz CT molecular complexity index is 817. The Kier molecular flexibility index (Phi) is 5.58. The molecule has 1 aliphatic heterocycles.